The lowest BCUT2D eigenvalue weighted by Gasteiger charge is -2.24. The maximum atomic E-state index is 13.9. The summed E-state index contributed by atoms with van der Waals surface area (Å²) in [5.41, 5.74) is 4.83. The number of thioether (sulfide) groups is 1. The van der Waals surface area contributed by atoms with E-state index < -0.39 is 0 Å². The number of benzene rings is 2. The number of pyridine rings is 1. The van der Waals surface area contributed by atoms with E-state index in [2.05, 4.69) is 43.2 Å². The first-order chi connectivity index (χ1) is 19.1. The van der Waals surface area contributed by atoms with Crippen molar-refractivity contribution in [3.63, 3.8) is 0 Å². The van der Waals surface area contributed by atoms with Gasteiger partial charge in [-0.05, 0) is 48.9 Å². The molecule has 2 aromatic heterocycles. The van der Waals surface area contributed by atoms with Gasteiger partial charge in [0.25, 0.3) is 0 Å². The second-order valence-corrected chi connectivity index (χ2v) is 12.0. The Kier molecular flexibility index (Phi) is 7.76. The van der Waals surface area contributed by atoms with Crippen molar-refractivity contribution < 1.29 is 14.0 Å². The molecule has 0 radical (unpaired) electrons. The van der Waals surface area contributed by atoms with Crippen LogP contribution in [0, 0.1) is 12.7 Å². The van der Waals surface area contributed by atoms with Crippen LogP contribution in [0.2, 0.25) is 0 Å². The van der Waals surface area contributed by atoms with E-state index in [1.165, 1.54) is 28.8 Å². The molecular weight excluding hydrogens is 525 g/mol. The van der Waals surface area contributed by atoms with E-state index in [0.29, 0.717) is 11.5 Å². The fraction of sp³-hybridized carbons (Fsp3) is 0.290. The topological polar surface area (TPSA) is 80.1 Å². The summed E-state index contributed by atoms with van der Waals surface area (Å²) in [6.45, 7) is 8.36. The Labute approximate surface area is 237 Å². The first kappa shape index (κ1) is 27.6. The summed E-state index contributed by atoms with van der Waals surface area (Å²) < 4.78 is 15.6. The van der Waals surface area contributed by atoms with Gasteiger partial charge in [-0.15, -0.1) is 11.8 Å². The van der Waals surface area contributed by atoms with Gasteiger partial charge in [0.15, 0.2) is 0 Å². The molecule has 9 heteroatoms. The fourth-order valence-corrected chi connectivity index (χ4v) is 6.01. The summed E-state index contributed by atoms with van der Waals surface area (Å²) in [6, 6.07) is 19.8. The molecule has 0 aliphatic carbocycles. The summed E-state index contributed by atoms with van der Waals surface area (Å²) >= 11 is 1.53. The first-order valence-corrected chi connectivity index (χ1v) is 14.2. The maximum Gasteiger partial charge on any atom is 0.240 e. The third-order valence-electron chi connectivity index (χ3n) is 6.71. The minimum Gasteiger partial charge on any atom is -0.349 e. The molecule has 206 valence electrons. The van der Waals surface area contributed by atoms with E-state index in [1.807, 2.05) is 37.3 Å². The van der Waals surface area contributed by atoms with Crippen LogP contribution in [-0.4, -0.2) is 38.9 Å². The van der Waals surface area contributed by atoms with E-state index in [-0.39, 0.29) is 47.1 Å². The third-order valence-corrected chi connectivity index (χ3v) is 7.96. The number of nitrogens with zero attached hydrogens (tertiary/aromatic N) is 4. The van der Waals surface area contributed by atoms with E-state index in [9.17, 15) is 14.0 Å². The van der Waals surface area contributed by atoms with Crippen LogP contribution < -0.4 is 10.2 Å². The quantitative estimate of drug-likeness (QED) is 0.339. The number of fused-ring (bicyclic) bond motifs is 1. The van der Waals surface area contributed by atoms with Crippen molar-refractivity contribution in [2.75, 3.05) is 17.2 Å². The maximum absolute atomic E-state index is 13.9. The van der Waals surface area contributed by atoms with Gasteiger partial charge in [0, 0.05) is 17.2 Å². The van der Waals surface area contributed by atoms with Gasteiger partial charge in [-0.25, -0.2) is 9.07 Å². The molecule has 0 spiro atoms. The summed E-state index contributed by atoms with van der Waals surface area (Å²) in [7, 11) is 0. The lowest BCUT2D eigenvalue weighted by atomic mass is 9.87. The zero-order valence-electron chi connectivity index (χ0n) is 23.0. The minimum atomic E-state index is -0.377. The molecule has 40 heavy (non-hydrogen) atoms. The van der Waals surface area contributed by atoms with Crippen LogP contribution in [0.4, 0.5) is 10.2 Å². The Hall–Kier alpha value is -3.98. The summed E-state index contributed by atoms with van der Waals surface area (Å²) in [5.74, 6) is -0.154. The lowest BCUT2D eigenvalue weighted by molar-refractivity contribution is -0.123. The van der Waals surface area contributed by atoms with Crippen LogP contribution in [-0.2, 0) is 21.5 Å². The number of rotatable bonds is 6. The molecule has 4 aromatic rings. The Morgan fingerprint density at radius 2 is 1.88 bits per heavy atom. The molecule has 0 saturated heterocycles. The number of carbonyl (C=O) groups is 2. The molecule has 5 rings (SSSR count). The van der Waals surface area contributed by atoms with Crippen molar-refractivity contribution in [3.05, 3.63) is 107 Å². The molecule has 2 aromatic carbocycles. The molecule has 0 saturated carbocycles. The molecule has 1 N–H and O–H groups in total. The number of amides is 2. The van der Waals surface area contributed by atoms with Crippen molar-refractivity contribution in [1.29, 1.82) is 0 Å². The van der Waals surface area contributed by atoms with Crippen LogP contribution in [0.25, 0.3) is 5.69 Å². The standard InChI is InChI=1S/C31H32FN5O2S/c1-20-8-7-9-21(16-20)28-27-29(31(2,3)4)35-37(24-13-11-22(32)12-14-24)30(27)36(26(39)19-40-28)18-25(38)34-17-23-10-5-6-15-33-23/h5-16,28H,17-19H2,1-4H3,(H,34,38)/t28-/m0/s1. The molecule has 0 bridgehead atoms. The number of carbonyl (C=O) groups excluding carboxylic acids is 2. The zero-order chi connectivity index (χ0) is 28.4. The minimum absolute atomic E-state index is 0.184. The molecular formula is C31H32FN5O2S. The fourth-order valence-electron chi connectivity index (χ4n) is 4.82. The van der Waals surface area contributed by atoms with Crippen molar-refractivity contribution in [2.45, 2.75) is 44.9 Å². The van der Waals surface area contributed by atoms with Crippen molar-refractivity contribution in [3.8, 4) is 5.69 Å². The average molecular weight is 558 g/mol. The van der Waals surface area contributed by atoms with Gasteiger partial charge in [-0.2, -0.15) is 5.10 Å². The first-order valence-electron chi connectivity index (χ1n) is 13.2. The van der Waals surface area contributed by atoms with Crippen molar-refractivity contribution in [2.24, 2.45) is 0 Å². The number of halogens is 1. The van der Waals surface area contributed by atoms with Crippen LogP contribution >= 0.6 is 11.8 Å². The zero-order valence-corrected chi connectivity index (χ0v) is 23.8. The number of nitrogens with one attached hydrogen (secondary N) is 1. The summed E-state index contributed by atoms with van der Waals surface area (Å²) in [4.78, 5) is 32.8. The Balaban J connectivity index is 1.65. The molecule has 0 fully saturated rings. The molecule has 2 amide bonds. The van der Waals surface area contributed by atoms with Gasteiger partial charge >= 0.3 is 0 Å². The van der Waals surface area contributed by atoms with Gasteiger partial charge < -0.3 is 5.32 Å². The van der Waals surface area contributed by atoms with E-state index in [4.69, 9.17) is 5.10 Å². The predicted molar refractivity (Wildman–Crippen MR) is 156 cm³/mol. The molecule has 7 nitrogen and oxygen atoms in total. The average Bonchev–Trinajstić information content (AvgIpc) is 3.26. The van der Waals surface area contributed by atoms with Crippen LogP contribution in [0.1, 0.15) is 54.1 Å². The molecule has 1 aliphatic rings. The highest BCUT2D eigenvalue weighted by Crippen LogP contribution is 2.48. The van der Waals surface area contributed by atoms with E-state index >= 15 is 0 Å². The highest BCUT2D eigenvalue weighted by molar-refractivity contribution is 8.00. The van der Waals surface area contributed by atoms with Gasteiger partial charge in [0.05, 0.1) is 34.6 Å². The molecule has 3 heterocycles. The normalized spacial score (nSPS) is 15.5. The summed E-state index contributed by atoms with van der Waals surface area (Å²) in [6.07, 6.45) is 1.67. The van der Waals surface area contributed by atoms with Crippen LogP contribution in [0.15, 0.2) is 72.9 Å². The van der Waals surface area contributed by atoms with Gasteiger partial charge in [-0.1, -0.05) is 56.7 Å². The highest BCUT2D eigenvalue weighted by Gasteiger charge is 2.40. The lowest BCUT2D eigenvalue weighted by Crippen LogP contribution is -2.42. The predicted octanol–water partition coefficient (Wildman–Crippen LogP) is 5.50. The Morgan fingerprint density at radius 3 is 2.55 bits per heavy atom. The summed E-state index contributed by atoms with van der Waals surface area (Å²) in [5, 5.41) is 7.73. The third kappa shape index (κ3) is 5.79. The Morgan fingerprint density at radius 1 is 1.10 bits per heavy atom. The second-order valence-electron chi connectivity index (χ2n) is 10.9. The van der Waals surface area contributed by atoms with Crippen molar-refractivity contribution in [1.82, 2.24) is 20.1 Å². The number of hydrogen-bond acceptors (Lipinski definition) is 5. The van der Waals surface area contributed by atoms with Crippen LogP contribution in [0.5, 0.6) is 0 Å². The largest absolute Gasteiger partial charge is 0.349 e. The van der Waals surface area contributed by atoms with Gasteiger partial charge in [-0.3, -0.25) is 19.5 Å². The Bertz CT molecular complexity index is 1530. The monoisotopic (exact) mass is 557 g/mol. The second kappa shape index (κ2) is 11.3. The van der Waals surface area contributed by atoms with Crippen LogP contribution in [0.3, 0.4) is 0 Å². The van der Waals surface area contributed by atoms with Gasteiger partial charge in [0.2, 0.25) is 11.8 Å². The molecule has 0 unspecified atom stereocenters. The number of hydrogen-bond donors (Lipinski definition) is 1. The highest BCUT2D eigenvalue weighted by atomic mass is 32.2. The SMILES string of the molecule is Cc1cccc([C@@H]2SCC(=O)N(CC(=O)NCc3ccccn3)c3c2c(C(C)(C)C)nn3-c2ccc(F)cc2)c1. The van der Waals surface area contributed by atoms with Gasteiger partial charge in [0.1, 0.15) is 18.2 Å². The smallest absolute Gasteiger partial charge is 0.240 e. The molecule has 1 aliphatic heterocycles. The number of aromatic nitrogens is 3. The van der Waals surface area contributed by atoms with E-state index in [0.717, 1.165) is 28.1 Å². The molecule has 1 atom stereocenters. The van der Waals surface area contributed by atoms with Crippen molar-refractivity contribution >= 4 is 29.4 Å². The van der Waals surface area contributed by atoms with E-state index in [1.54, 1.807) is 23.0 Å². The number of anilines is 1. The number of aryl methyl sites for hydroxylation is 1.